The van der Waals surface area contributed by atoms with Gasteiger partial charge in [0.15, 0.2) is 4.34 Å². The normalized spacial score (nSPS) is 15.9. The van der Waals surface area contributed by atoms with Gasteiger partial charge in [-0.25, -0.2) is 4.98 Å². The lowest BCUT2D eigenvalue weighted by Gasteiger charge is -2.26. The molecular formula is C13H14N2OS2. The Bertz CT molecular complexity index is 495. The summed E-state index contributed by atoms with van der Waals surface area (Å²) in [7, 11) is 0. The second-order valence-corrected chi connectivity index (χ2v) is 6.31. The molecule has 1 saturated heterocycles. The number of morpholine rings is 1. The Hall–Kier alpha value is -1.04. The van der Waals surface area contributed by atoms with E-state index in [-0.39, 0.29) is 0 Å². The molecule has 1 aliphatic rings. The minimum Gasteiger partial charge on any atom is -0.378 e. The molecule has 2 aromatic rings. The van der Waals surface area contributed by atoms with Crippen LogP contribution < -0.4 is 4.90 Å². The van der Waals surface area contributed by atoms with Gasteiger partial charge < -0.3 is 9.64 Å². The smallest absolute Gasteiger partial charge is 0.156 e. The van der Waals surface area contributed by atoms with Gasteiger partial charge in [-0.3, -0.25) is 0 Å². The van der Waals surface area contributed by atoms with Crippen molar-refractivity contribution in [2.45, 2.75) is 9.24 Å². The van der Waals surface area contributed by atoms with Gasteiger partial charge in [0, 0.05) is 18.0 Å². The molecule has 1 fully saturated rings. The minimum absolute atomic E-state index is 0.819. The number of nitrogens with zero attached hydrogens (tertiary/aromatic N) is 2. The maximum absolute atomic E-state index is 5.36. The lowest BCUT2D eigenvalue weighted by molar-refractivity contribution is 0.123. The third-order valence-corrected chi connectivity index (χ3v) is 4.88. The van der Waals surface area contributed by atoms with Gasteiger partial charge in [-0.15, -0.1) is 0 Å². The highest BCUT2D eigenvalue weighted by Gasteiger charge is 2.14. The fourth-order valence-electron chi connectivity index (χ4n) is 1.82. The SMILES string of the molecule is c1ccc(Sc2ncc(N3CCOCC3)s2)cc1. The summed E-state index contributed by atoms with van der Waals surface area (Å²) in [6.45, 7) is 3.58. The predicted octanol–water partition coefficient (Wildman–Crippen LogP) is 3.13. The predicted molar refractivity (Wildman–Crippen MR) is 75.7 cm³/mol. The van der Waals surface area contributed by atoms with Crippen molar-refractivity contribution in [3.8, 4) is 0 Å². The minimum atomic E-state index is 0.819. The molecule has 0 spiro atoms. The first-order valence-electron chi connectivity index (χ1n) is 5.93. The van der Waals surface area contributed by atoms with E-state index >= 15 is 0 Å². The summed E-state index contributed by atoms with van der Waals surface area (Å²) in [6.07, 6.45) is 1.97. The summed E-state index contributed by atoms with van der Waals surface area (Å²) in [4.78, 5) is 8.07. The van der Waals surface area contributed by atoms with E-state index in [1.54, 1.807) is 23.1 Å². The fourth-order valence-corrected chi connectivity index (χ4v) is 3.83. The first-order valence-corrected chi connectivity index (χ1v) is 7.56. The van der Waals surface area contributed by atoms with Crippen molar-refractivity contribution in [3.05, 3.63) is 36.5 Å². The summed E-state index contributed by atoms with van der Waals surface area (Å²) in [5.41, 5.74) is 0. The Labute approximate surface area is 115 Å². The maximum Gasteiger partial charge on any atom is 0.156 e. The Morgan fingerprint density at radius 1 is 1.17 bits per heavy atom. The van der Waals surface area contributed by atoms with E-state index in [0.29, 0.717) is 0 Å². The van der Waals surface area contributed by atoms with E-state index in [1.165, 1.54) is 9.90 Å². The lowest BCUT2D eigenvalue weighted by atomic mass is 10.4. The molecule has 0 amide bonds. The van der Waals surface area contributed by atoms with E-state index < -0.39 is 0 Å². The molecule has 5 heteroatoms. The van der Waals surface area contributed by atoms with Crippen LogP contribution in [0.3, 0.4) is 0 Å². The Morgan fingerprint density at radius 3 is 2.72 bits per heavy atom. The van der Waals surface area contributed by atoms with Gasteiger partial charge in [0.2, 0.25) is 0 Å². The summed E-state index contributed by atoms with van der Waals surface area (Å²) >= 11 is 3.48. The van der Waals surface area contributed by atoms with E-state index in [4.69, 9.17) is 4.74 Å². The molecule has 1 aliphatic heterocycles. The third kappa shape index (κ3) is 2.85. The Morgan fingerprint density at radius 2 is 1.94 bits per heavy atom. The fraction of sp³-hybridized carbons (Fsp3) is 0.308. The van der Waals surface area contributed by atoms with Gasteiger partial charge in [0.25, 0.3) is 0 Å². The zero-order valence-corrected chi connectivity index (χ0v) is 11.5. The van der Waals surface area contributed by atoms with E-state index in [2.05, 4.69) is 34.1 Å². The van der Waals surface area contributed by atoms with Crippen LogP contribution in [0.2, 0.25) is 0 Å². The molecule has 0 unspecified atom stereocenters. The van der Waals surface area contributed by atoms with Crippen molar-refractivity contribution >= 4 is 28.1 Å². The molecular weight excluding hydrogens is 264 g/mol. The first kappa shape index (κ1) is 12.0. The van der Waals surface area contributed by atoms with Crippen LogP contribution in [0.25, 0.3) is 0 Å². The molecule has 0 radical (unpaired) electrons. The van der Waals surface area contributed by atoms with Crippen molar-refractivity contribution < 1.29 is 4.74 Å². The van der Waals surface area contributed by atoms with Crippen LogP contribution in [0.15, 0.2) is 45.8 Å². The molecule has 1 aromatic heterocycles. The van der Waals surface area contributed by atoms with Crippen LogP contribution in [-0.2, 0) is 4.74 Å². The number of hydrogen-bond donors (Lipinski definition) is 0. The lowest BCUT2D eigenvalue weighted by Crippen LogP contribution is -2.35. The zero-order chi connectivity index (χ0) is 12.2. The molecule has 0 N–H and O–H groups in total. The average molecular weight is 278 g/mol. The average Bonchev–Trinajstić information content (AvgIpc) is 2.89. The van der Waals surface area contributed by atoms with Crippen molar-refractivity contribution in [2.75, 3.05) is 31.2 Å². The standard InChI is InChI=1S/C13H14N2OS2/c1-2-4-11(5-3-1)17-13-14-10-12(18-13)15-6-8-16-9-7-15/h1-5,10H,6-9H2. The second kappa shape index (κ2) is 5.73. The molecule has 3 rings (SSSR count). The molecule has 94 valence electrons. The summed E-state index contributed by atoms with van der Waals surface area (Å²) in [6, 6.07) is 10.4. The molecule has 0 atom stereocenters. The largest absolute Gasteiger partial charge is 0.378 e. The number of thiazole rings is 1. The van der Waals surface area contributed by atoms with Crippen molar-refractivity contribution in [2.24, 2.45) is 0 Å². The van der Waals surface area contributed by atoms with E-state index in [1.807, 2.05) is 12.3 Å². The topological polar surface area (TPSA) is 25.4 Å². The van der Waals surface area contributed by atoms with Gasteiger partial charge >= 0.3 is 0 Å². The summed E-state index contributed by atoms with van der Waals surface area (Å²) in [5, 5.41) is 1.25. The number of hydrogen-bond acceptors (Lipinski definition) is 5. The van der Waals surface area contributed by atoms with Crippen molar-refractivity contribution in [1.82, 2.24) is 4.98 Å². The summed E-state index contributed by atoms with van der Waals surface area (Å²) < 4.78 is 6.46. The Balaban J connectivity index is 1.69. The molecule has 0 aliphatic carbocycles. The van der Waals surface area contributed by atoms with Crippen LogP contribution in [0, 0.1) is 0 Å². The highest BCUT2D eigenvalue weighted by molar-refractivity contribution is 8.01. The molecule has 1 aromatic carbocycles. The van der Waals surface area contributed by atoms with E-state index in [9.17, 15) is 0 Å². The van der Waals surface area contributed by atoms with Crippen LogP contribution in [-0.4, -0.2) is 31.3 Å². The summed E-state index contributed by atoms with van der Waals surface area (Å²) in [5.74, 6) is 0. The zero-order valence-electron chi connectivity index (χ0n) is 9.91. The monoisotopic (exact) mass is 278 g/mol. The molecule has 2 heterocycles. The Kier molecular flexibility index (Phi) is 3.83. The molecule has 0 bridgehead atoms. The van der Waals surface area contributed by atoms with Crippen LogP contribution >= 0.6 is 23.1 Å². The quantitative estimate of drug-likeness (QED) is 0.861. The van der Waals surface area contributed by atoms with Gasteiger partial charge in [-0.2, -0.15) is 0 Å². The number of ether oxygens (including phenoxy) is 1. The third-order valence-electron chi connectivity index (χ3n) is 2.74. The van der Waals surface area contributed by atoms with Crippen molar-refractivity contribution in [3.63, 3.8) is 0 Å². The molecule has 0 saturated carbocycles. The van der Waals surface area contributed by atoms with Gasteiger partial charge in [0.05, 0.1) is 19.4 Å². The first-order chi connectivity index (χ1) is 8.92. The van der Waals surface area contributed by atoms with Crippen LogP contribution in [0.1, 0.15) is 0 Å². The molecule has 3 nitrogen and oxygen atoms in total. The maximum atomic E-state index is 5.36. The number of rotatable bonds is 3. The second-order valence-electron chi connectivity index (χ2n) is 3.98. The highest BCUT2D eigenvalue weighted by atomic mass is 32.2. The number of anilines is 1. The van der Waals surface area contributed by atoms with Crippen molar-refractivity contribution in [1.29, 1.82) is 0 Å². The van der Waals surface area contributed by atoms with Crippen LogP contribution in [0.4, 0.5) is 5.00 Å². The van der Waals surface area contributed by atoms with Gasteiger partial charge in [-0.1, -0.05) is 41.3 Å². The van der Waals surface area contributed by atoms with Gasteiger partial charge in [-0.05, 0) is 12.1 Å². The number of benzene rings is 1. The van der Waals surface area contributed by atoms with Gasteiger partial charge in [0.1, 0.15) is 5.00 Å². The highest BCUT2D eigenvalue weighted by Crippen LogP contribution is 2.34. The molecule has 18 heavy (non-hydrogen) atoms. The van der Waals surface area contributed by atoms with E-state index in [0.717, 1.165) is 30.6 Å². The van der Waals surface area contributed by atoms with Crippen LogP contribution in [0.5, 0.6) is 0 Å². The number of aromatic nitrogens is 1.